The zero-order valence-corrected chi connectivity index (χ0v) is 16.5. The Hall–Kier alpha value is -2.31. The second kappa shape index (κ2) is 10.1. The third-order valence-electron chi connectivity index (χ3n) is 4.12. The van der Waals surface area contributed by atoms with Crippen LogP contribution in [0.3, 0.4) is 0 Å². The van der Waals surface area contributed by atoms with Crippen LogP contribution in [0.15, 0.2) is 30.3 Å². The molecule has 0 bridgehead atoms. The summed E-state index contributed by atoms with van der Waals surface area (Å²) in [5.74, 6) is -0.389. The number of ketones is 1. The predicted octanol–water partition coefficient (Wildman–Crippen LogP) is 3.60. The number of methoxy groups -OCH3 is 1. The number of nitrogens with zero attached hydrogens (tertiary/aromatic N) is 1. The first-order valence-electron chi connectivity index (χ1n) is 8.65. The van der Waals surface area contributed by atoms with Crippen molar-refractivity contribution >= 4 is 23.4 Å². The van der Waals surface area contributed by atoms with Gasteiger partial charge in [-0.25, -0.2) is 4.79 Å². The molecule has 0 aliphatic rings. The molecule has 27 heavy (non-hydrogen) atoms. The van der Waals surface area contributed by atoms with Crippen molar-refractivity contribution in [3.63, 3.8) is 0 Å². The number of aryl methyl sites for hydroxylation is 1. The van der Waals surface area contributed by atoms with E-state index < -0.39 is 5.97 Å². The lowest BCUT2D eigenvalue weighted by atomic mass is 10.1. The van der Waals surface area contributed by atoms with Gasteiger partial charge in [-0.2, -0.15) is 0 Å². The fraction of sp³-hybridized carbons (Fsp3) is 0.400. The summed E-state index contributed by atoms with van der Waals surface area (Å²) < 4.78 is 17.5. The molecule has 0 saturated carbocycles. The van der Waals surface area contributed by atoms with E-state index in [0.29, 0.717) is 22.9 Å². The van der Waals surface area contributed by atoms with Crippen LogP contribution in [0.2, 0.25) is 5.02 Å². The summed E-state index contributed by atoms with van der Waals surface area (Å²) in [6.07, 6.45) is 0.857. The first-order chi connectivity index (χ1) is 12.9. The average Bonchev–Trinajstić information content (AvgIpc) is 2.93. The lowest BCUT2D eigenvalue weighted by molar-refractivity contribution is -0.144. The summed E-state index contributed by atoms with van der Waals surface area (Å²) >= 11 is 5.85. The van der Waals surface area contributed by atoms with Gasteiger partial charge in [-0.15, -0.1) is 0 Å². The highest BCUT2D eigenvalue weighted by molar-refractivity contribution is 6.30. The van der Waals surface area contributed by atoms with Gasteiger partial charge in [0, 0.05) is 42.2 Å². The SMILES string of the molecule is COCCCn1c(C)cc(C(=O)COC(=O)COc2cccc(Cl)c2)c1C. The molecule has 0 atom stereocenters. The summed E-state index contributed by atoms with van der Waals surface area (Å²) in [5, 5.41) is 0.511. The van der Waals surface area contributed by atoms with Crippen LogP contribution in [0.1, 0.15) is 28.2 Å². The molecule has 1 aromatic heterocycles. The van der Waals surface area contributed by atoms with Gasteiger partial charge in [-0.1, -0.05) is 17.7 Å². The number of ether oxygens (including phenoxy) is 3. The van der Waals surface area contributed by atoms with Crippen molar-refractivity contribution in [2.24, 2.45) is 0 Å². The van der Waals surface area contributed by atoms with Gasteiger partial charge in [-0.05, 0) is 44.5 Å². The Labute approximate surface area is 164 Å². The summed E-state index contributed by atoms with van der Waals surface area (Å²) in [6.45, 7) is 4.65. The van der Waals surface area contributed by atoms with Crippen LogP contribution in [-0.2, 0) is 20.8 Å². The molecule has 1 aromatic carbocycles. The van der Waals surface area contributed by atoms with Gasteiger partial charge in [0.2, 0.25) is 5.78 Å². The highest BCUT2D eigenvalue weighted by Crippen LogP contribution is 2.18. The first-order valence-corrected chi connectivity index (χ1v) is 9.03. The second-order valence-corrected chi connectivity index (χ2v) is 6.55. The Morgan fingerprint density at radius 2 is 1.93 bits per heavy atom. The van der Waals surface area contributed by atoms with Gasteiger partial charge < -0.3 is 18.8 Å². The minimum absolute atomic E-state index is 0.239. The molecule has 0 fully saturated rings. The van der Waals surface area contributed by atoms with Gasteiger partial charge in [0.05, 0.1) is 0 Å². The smallest absolute Gasteiger partial charge is 0.344 e. The van der Waals surface area contributed by atoms with E-state index in [-0.39, 0.29) is 19.0 Å². The van der Waals surface area contributed by atoms with Crippen LogP contribution >= 0.6 is 11.6 Å². The Kier molecular flexibility index (Phi) is 7.88. The first kappa shape index (κ1) is 21.0. The number of rotatable bonds is 10. The van der Waals surface area contributed by atoms with Crippen molar-refractivity contribution in [3.8, 4) is 5.75 Å². The lowest BCUT2D eigenvalue weighted by Gasteiger charge is -2.09. The van der Waals surface area contributed by atoms with Gasteiger partial charge >= 0.3 is 5.97 Å². The monoisotopic (exact) mass is 393 g/mol. The molecule has 7 heteroatoms. The van der Waals surface area contributed by atoms with Crippen LogP contribution in [0.25, 0.3) is 0 Å². The summed E-state index contributed by atoms with van der Waals surface area (Å²) in [6, 6.07) is 8.52. The van der Waals surface area contributed by atoms with Gasteiger partial charge in [0.1, 0.15) is 5.75 Å². The number of carbonyl (C=O) groups excluding carboxylic acids is 2. The molecule has 2 aromatic rings. The fourth-order valence-corrected chi connectivity index (χ4v) is 2.94. The topological polar surface area (TPSA) is 66.8 Å². The van der Waals surface area contributed by atoms with Crippen molar-refractivity contribution in [2.45, 2.75) is 26.8 Å². The number of hydrogen-bond acceptors (Lipinski definition) is 5. The molecule has 0 aliphatic heterocycles. The molecule has 0 saturated heterocycles. The lowest BCUT2D eigenvalue weighted by Crippen LogP contribution is -2.20. The van der Waals surface area contributed by atoms with Crippen LogP contribution in [0.4, 0.5) is 0 Å². The van der Waals surface area contributed by atoms with Crippen LogP contribution in [-0.4, -0.2) is 43.3 Å². The van der Waals surface area contributed by atoms with E-state index in [9.17, 15) is 9.59 Å². The van der Waals surface area contributed by atoms with Crippen molar-refractivity contribution in [1.82, 2.24) is 4.57 Å². The minimum atomic E-state index is -0.614. The number of halogens is 1. The largest absolute Gasteiger partial charge is 0.482 e. The van der Waals surface area contributed by atoms with Crippen molar-refractivity contribution in [2.75, 3.05) is 26.9 Å². The number of hydrogen-bond donors (Lipinski definition) is 0. The Morgan fingerprint density at radius 3 is 2.63 bits per heavy atom. The maximum Gasteiger partial charge on any atom is 0.344 e. The van der Waals surface area contributed by atoms with Crippen molar-refractivity contribution in [3.05, 3.63) is 52.3 Å². The summed E-state index contributed by atoms with van der Waals surface area (Å²) in [5.41, 5.74) is 2.41. The zero-order chi connectivity index (χ0) is 19.8. The number of Topliss-reactive ketones (excluding diaryl/α,β-unsaturated/α-hetero) is 1. The Bertz CT molecular complexity index is 800. The van der Waals surface area contributed by atoms with E-state index in [0.717, 1.165) is 24.4 Å². The second-order valence-electron chi connectivity index (χ2n) is 6.11. The van der Waals surface area contributed by atoms with Crippen molar-refractivity contribution in [1.29, 1.82) is 0 Å². The maximum absolute atomic E-state index is 12.4. The van der Waals surface area contributed by atoms with E-state index in [1.54, 1.807) is 31.4 Å². The molecule has 0 N–H and O–H groups in total. The molecular weight excluding hydrogens is 370 g/mol. The van der Waals surface area contributed by atoms with Gasteiger partial charge in [-0.3, -0.25) is 4.79 Å². The average molecular weight is 394 g/mol. The summed E-state index contributed by atoms with van der Waals surface area (Å²) in [7, 11) is 1.66. The van der Waals surface area contributed by atoms with E-state index in [1.165, 1.54) is 0 Å². The number of aromatic nitrogens is 1. The molecule has 0 aliphatic carbocycles. The molecular formula is C20H24ClNO5. The predicted molar refractivity (Wildman–Crippen MR) is 103 cm³/mol. The van der Waals surface area contributed by atoms with Crippen LogP contribution < -0.4 is 4.74 Å². The highest BCUT2D eigenvalue weighted by Gasteiger charge is 2.17. The molecule has 0 radical (unpaired) electrons. The number of carbonyl (C=O) groups is 2. The van der Waals surface area contributed by atoms with Gasteiger partial charge in [0.15, 0.2) is 13.2 Å². The molecule has 6 nitrogen and oxygen atoms in total. The third kappa shape index (κ3) is 6.12. The zero-order valence-electron chi connectivity index (χ0n) is 15.8. The molecule has 0 spiro atoms. The van der Waals surface area contributed by atoms with E-state index in [1.807, 2.05) is 19.9 Å². The molecule has 0 unspecified atom stereocenters. The standard InChI is InChI=1S/C20H24ClNO5/c1-14-10-18(15(2)22(14)8-5-9-25-3)19(23)12-27-20(24)13-26-17-7-4-6-16(21)11-17/h4,6-7,10-11H,5,8-9,12-13H2,1-3H3. The number of benzene rings is 1. The Balaban J connectivity index is 1.86. The van der Waals surface area contributed by atoms with Crippen molar-refractivity contribution < 1.29 is 23.8 Å². The number of esters is 1. The third-order valence-corrected chi connectivity index (χ3v) is 4.36. The fourth-order valence-electron chi connectivity index (χ4n) is 2.76. The molecule has 1 heterocycles. The van der Waals surface area contributed by atoms with E-state index in [4.69, 9.17) is 25.8 Å². The van der Waals surface area contributed by atoms with Crippen LogP contribution in [0, 0.1) is 13.8 Å². The molecule has 0 amide bonds. The maximum atomic E-state index is 12.4. The molecule has 146 valence electrons. The van der Waals surface area contributed by atoms with E-state index in [2.05, 4.69) is 4.57 Å². The highest BCUT2D eigenvalue weighted by atomic mass is 35.5. The molecule has 2 rings (SSSR count). The normalized spacial score (nSPS) is 10.7. The summed E-state index contributed by atoms with van der Waals surface area (Å²) in [4.78, 5) is 24.2. The van der Waals surface area contributed by atoms with Gasteiger partial charge in [0.25, 0.3) is 0 Å². The van der Waals surface area contributed by atoms with Crippen LogP contribution in [0.5, 0.6) is 5.75 Å². The van der Waals surface area contributed by atoms with E-state index >= 15 is 0 Å². The Morgan fingerprint density at radius 1 is 1.15 bits per heavy atom. The quantitative estimate of drug-likeness (QED) is 0.350. The minimum Gasteiger partial charge on any atom is -0.482 e.